The summed E-state index contributed by atoms with van der Waals surface area (Å²) in [7, 11) is 0. The molecule has 0 aliphatic carbocycles. The largest absolute Gasteiger partial charge is 0.489 e. The van der Waals surface area contributed by atoms with Crippen molar-refractivity contribution in [2.45, 2.75) is 20.0 Å². The van der Waals surface area contributed by atoms with Gasteiger partial charge in [-0.25, -0.2) is 0 Å². The molecule has 1 aromatic rings. The minimum atomic E-state index is -0.539. The number of likely N-dealkylation sites (N-methyl/N-ethyl adjacent to an activating group) is 1. The Morgan fingerprint density at radius 2 is 2.00 bits per heavy atom. The fourth-order valence-electron chi connectivity index (χ4n) is 1.85. The molecule has 0 aromatic heterocycles. The lowest BCUT2D eigenvalue weighted by atomic mass is 10.3. The summed E-state index contributed by atoms with van der Waals surface area (Å²) in [6.45, 7) is 9.02. The van der Waals surface area contributed by atoms with Gasteiger partial charge in [-0.1, -0.05) is 37.6 Å². The highest BCUT2D eigenvalue weighted by molar-refractivity contribution is 6.32. The third-order valence-electron chi connectivity index (χ3n) is 3.15. The topological polar surface area (TPSA) is 44.7 Å². The summed E-state index contributed by atoms with van der Waals surface area (Å²) in [4.78, 5) is 2.33. The number of halogens is 1. The first kappa shape index (κ1) is 17.2. The van der Waals surface area contributed by atoms with Crippen molar-refractivity contribution in [3.8, 4) is 5.75 Å². The molecule has 1 atom stereocenters. The number of hydrogen-bond donors (Lipinski definition) is 2. The zero-order chi connectivity index (χ0) is 14.8. The number of hydrogen-bond acceptors (Lipinski definition) is 4. The van der Waals surface area contributed by atoms with E-state index < -0.39 is 6.10 Å². The zero-order valence-corrected chi connectivity index (χ0v) is 13.1. The second-order valence-electron chi connectivity index (χ2n) is 4.63. The molecule has 4 nitrogen and oxygen atoms in total. The van der Waals surface area contributed by atoms with Crippen LogP contribution in [0.4, 0.5) is 0 Å². The number of aliphatic hydroxyl groups excluding tert-OH is 1. The van der Waals surface area contributed by atoms with E-state index in [-0.39, 0.29) is 6.61 Å². The number of rotatable bonds is 10. The van der Waals surface area contributed by atoms with Crippen molar-refractivity contribution < 1.29 is 9.84 Å². The number of aliphatic hydroxyl groups is 1. The Kier molecular flexibility index (Phi) is 8.62. The van der Waals surface area contributed by atoms with Gasteiger partial charge in [0.15, 0.2) is 0 Å². The molecule has 0 aliphatic heterocycles. The van der Waals surface area contributed by atoms with E-state index in [0.717, 1.165) is 26.2 Å². The van der Waals surface area contributed by atoms with Gasteiger partial charge in [-0.05, 0) is 25.2 Å². The summed E-state index contributed by atoms with van der Waals surface area (Å²) in [5.41, 5.74) is 0. The van der Waals surface area contributed by atoms with Gasteiger partial charge in [0.2, 0.25) is 0 Å². The van der Waals surface area contributed by atoms with E-state index in [2.05, 4.69) is 24.1 Å². The van der Waals surface area contributed by atoms with Crippen molar-refractivity contribution in [1.82, 2.24) is 10.2 Å². The van der Waals surface area contributed by atoms with Crippen molar-refractivity contribution in [3.63, 3.8) is 0 Å². The second-order valence-corrected chi connectivity index (χ2v) is 5.03. The molecule has 5 heteroatoms. The van der Waals surface area contributed by atoms with Crippen LogP contribution in [0.2, 0.25) is 5.02 Å². The molecule has 1 aromatic carbocycles. The van der Waals surface area contributed by atoms with E-state index in [1.807, 2.05) is 12.1 Å². The van der Waals surface area contributed by atoms with Crippen molar-refractivity contribution in [1.29, 1.82) is 0 Å². The maximum absolute atomic E-state index is 9.84. The minimum Gasteiger partial charge on any atom is -0.489 e. The molecule has 0 amide bonds. The molecular formula is C15H25ClN2O2. The Bertz CT molecular complexity index is 373. The summed E-state index contributed by atoms with van der Waals surface area (Å²) in [6.07, 6.45) is -0.539. The molecule has 0 saturated heterocycles. The summed E-state index contributed by atoms with van der Waals surface area (Å²) in [5.74, 6) is 0.608. The van der Waals surface area contributed by atoms with Crippen LogP contribution in [0.3, 0.4) is 0 Å². The molecule has 0 bridgehead atoms. The summed E-state index contributed by atoms with van der Waals surface area (Å²) >= 11 is 5.97. The van der Waals surface area contributed by atoms with Gasteiger partial charge in [0.1, 0.15) is 18.5 Å². The number of benzene rings is 1. The lowest BCUT2D eigenvalue weighted by Gasteiger charge is -2.19. The van der Waals surface area contributed by atoms with Crippen molar-refractivity contribution in [2.24, 2.45) is 0 Å². The lowest BCUT2D eigenvalue weighted by molar-refractivity contribution is 0.106. The van der Waals surface area contributed by atoms with Gasteiger partial charge in [0.25, 0.3) is 0 Å². The van der Waals surface area contributed by atoms with Gasteiger partial charge in [0, 0.05) is 19.6 Å². The highest BCUT2D eigenvalue weighted by Crippen LogP contribution is 2.22. The Balaban J connectivity index is 2.15. The molecule has 1 rings (SSSR count). The minimum absolute atomic E-state index is 0.238. The van der Waals surface area contributed by atoms with Gasteiger partial charge in [-0.15, -0.1) is 0 Å². The fourth-order valence-corrected chi connectivity index (χ4v) is 2.04. The maximum Gasteiger partial charge on any atom is 0.138 e. The normalized spacial score (nSPS) is 12.7. The highest BCUT2D eigenvalue weighted by Gasteiger charge is 2.07. The van der Waals surface area contributed by atoms with Crippen LogP contribution in [0, 0.1) is 0 Å². The van der Waals surface area contributed by atoms with Crippen LogP contribution in [0.15, 0.2) is 24.3 Å². The van der Waals surface area contributed by atoms with E-state index in [1.165, 1.54) is 0 Å². The van der Waals surface area contributed by atoms with Gasteiger partial charge < -0.3 is 20.1 Å². The molecule has 0 heterocycles. The van der Waals surface area contributed by atoms with Crippen LogP contribution in [0.1, 0.15) is 13.8 Å². The number of ether oxygens (including phenoxy) is 1. The summed E-state index contributed by atoms with van der Waals surface area (Å²) in [6, 6.07) is 7.27. The first-order valence-electron chi connectivity index (χ1n) is 7.15. The van der Waals surface area contributed by atoms with Crippen LogP contribution in [0.5, 0.6) is 5.75 Å². The molecule has 0 aliphatic rings. The molecule has 114 valence electrons. The molecule has 1 unspecified atom stereocenters. The van der Waals surface area contributed by atoms with Gasteiger partial charge in [-0.3, -0.25) is 0 Å². The molecule has 2 N–H and O–H groups in total. The van der Waals surface area contributed by atoms with Crippen LogP contribution in [-0.2, 0) is 0 Å². The maximum atomic E-state index is 9.84. The fraction of sp³-hybridized carbons (Fsp3) is 0.600. The second kappa shape index (κ2) is 10.00. The number of para-hydroxylation sites is 1. The molecule has 0 spiro atoms. The lowest BCUT2D eigenvalue weighted by Crippen LogP contribution is -2.37. The third-order valence-corrected chi connectivity index (χ3v) is 3.46. The SMILES string of the molecule is CCN(CC)CCNCC(O)COc1ccccc1Cl. The van der Waals surface area contributed by atoms with E-state index in [9.17, 15) is 5.11 Å². The summed E-state index contributed by atoms with van der Waals surface area (Å²) < 4.78 is 5.49. The van der Waals surface area contributed by atoms with Crippen LogP contribution < -0.4 is 10.1 Å². The number of nitrogens with one attached hydrogen (secondary N) is 1. The van der Waals surface area contributed by atoms with Crippen molar-refractivity contribution in [3.05, 3.63) is 29.3 Å². The molecule has 0 fully saturated rings. The van der Waals surface area contributed by atoms with Crippen LogP contribution >= 0.6 is 11.6 Å². The molecule has 20 heavy (non-hydrogen) atoms. The van der Waals surface area contributed by atoms with Gasteiger partial charge >= 0.3 is 0 Å². The third kappa shape index (κ3) is 6.57. The Morgan fingerprint density at radius 3 is 2.65 bits per heavy atom. The van der Waals surface area contributed by atoms with Crippen LogP contribution in [-0.4, -0.2) is 55.4 Å². The summed E-state index contributed by atoms with van der Waals surface area (Å²) in [5, 5.41) is 13.6. The number of nitrogens with zero attached hydrogens (tertiary/aromatic N) is 1. The highest BCUT2D eigenvalue weighted by atomic mass is 35.5. The predicted octanol–water partition coefficient (Wildman–Crippen LogP) is 2.01. The average Bonchev–Trinajstić information content (AvgIpc) is 2.46. The molecule has 0 radical (unpaired) electrons. The Morgan fingerprint density at radius 1 is 1.30 bits per heavy atom. The van der Waals surface area contributed by atoms with E-state index in [0.29, 0.717) is 17.3 Å². The quantitative estimate of drug-likeness (QED) is 0.649. The smallest absolute Gasteiger partial charge is 0.138 e. The molecular weight excluding hydrogens is 276 g/mol. The van der Waals surface area contributed by atoms with Crippen molar-refractivity contribution in [2.75, 3.05) is 39.3 Å². The zero-order valence-electron chi connectivity index (χ0n) is 12.3. The Labute approximate surface area is 126 Å². The first-order valence-corrected chi connectivity index (χ1v) is 7.53. The van der Waals surface area contributed by atoms with Crippen molar-refractivity contribution >= 4 is 11.6 Å². The van der Waals surface area contributed by atoms with E-state index in [4.69, 9.17) is 16.3 Å². The van der Waals surface area contributed by atoms with Gasteiger partial charge in [0.05, 0.1) is 5.02 Å². The average molecular weight is 301 g/mol. The van der Waals surface area contributed by atoms with E-state index >= 15 is 0 Å². The predicted molar refractivity (Wildman–Crippen MR) is 83.6 cm³/mol. The first-order chi connectivity index (χ1) is 9.67. The van der Waals surface area contributed by atoms with Crippen LogP contribution in [0.25, 0.3) is 0 Å². The van der Waals surface area contributed by atoms with E-state index in [1.54, 1.807) is 12.1 Å². The standard InChI is InChI=1S/C15H25ClN2O2/c1-3-18(4-2)10-9-17-11-13(19)12-20-15-8-6-5-7-14(15)16/h5-8,13,17,19H,3-4,9-12H2,1-2H3. The molecule has 0 saturated carbocycles. The van der Waals surface area contributed by atoms with Gasteiger partial charge in [-0.2, -0.15) is 0 Å². The monoisotopic (exact) mass is 300 g/mol. The Hall–Kier alpha value is -0.810.